The molecule has 79 heavy (non-hydrogen) atoms. The summed E-state index contributed by atoms with van der Waals surface area (Å²) in [6, 6.07) is -15.2. The number of rotatable bonds is 39. The van der Waals surface area contributed by atoms with Crippen LogP contribution in [0.5, 0.6) is 0 Å². The number of carbonyl (C=O) groups is 13. The van der Waals surface area contributed by atoms with Crippen molar-refractivity contribution < 1.29 is 82.8 Å². The summed E-state index contributed by atoms with van der Waals surface area (Å²) in [7, 11) is 0. The topological polar surface area (TPSA) is 489 Å². The van der Waals surface area contributed by atoms with Crippen LogP contribution in [0, 0.1) is 23.7 Å². The van der Waals surface area contributed by atoms with Gasteiger partial charge in [-0.3, -0.25) is 57.5 Å². The third-order valence-electron chi connectivity index (χ3n) is 12.4. The number of aliphatic hydroxyl groups is 1. The fourth-order valence-corrected chi connectivity index (χ4v) is 7.78. The number of hydrogen-bond donors (Lipinski definition) is 17. The highest BCUT2D eigenvalue weighted by molar-refractivity contribution is 7.80. The van der Waals surface area contributed by atoms with Crippen LogP contribution in [0.25, 0.3) is 0 Å². The van der Waals surface area contributed by atoms with E-state index in [0.717, 1.165) is 6.92 Å². The van der Waals surface area contributed by atoms with Crippen molar-refractivity contribution in [1.82, 2.24) is 47.9 Å². The standard InChI is InChI=1S/C49H86N12O17S/c1-10-25(8)38(60-44(72)30(19-22(2)3)55-40(68)27(51)13-11-12-18-50)47(75)57-32(21-79)45(73)56-31(20-33(52)63)43(71)53-28(14-16-34(64)65)42(70)61-39(26(9)62)48(76)58-36(23(4)5)46(74)54-29(15-17-35(66)67)41(69)59-37(24(6)7)49(77)78/h22-32,36-39,62,79H,10-21,50-51H2,1-9H3,(H2,52,63)(H,53,71)(H,54,74)(H,55,68)(H,56,73)(H,57,75)(H,58,76)(H,59,69)(H,60,72)(H,61,70)(H,64,65)(H,66,67)(H,77,78)/t25-,26+,27-,28-,29-,30-,31-,32-,36-,37-,38-,39-/m0/s1. The zero-order chi connectivity index (χ0) is 61.0. The number of thiol groups is 1. The molecule has 450 valence electrons. The maximum absolute atomic E-state index is 13.9. The monoisotopic (exact) mass is 1150 g/mol. The lowest BCUT2D eigenvalue weighted by Crippen LogP contribution is -2.63. The number of hydrogen-bond acceptors (Lipinski definition) is 17. The third kappa shape index (κ3) is 27.2. The summed E-state index contributed by atoms with van der Waals surface area (Å²) in [5, 5.41) is 60.4. The average Bonchev–Trinajstić information content (AvgIpc) is 3.35. The van der Waals surface area contributed by atoms with Crippen molar-refractivity contribution in [3.63, 3.8) is 0 Å². The van der Waals surface area contributed by atoms with E-state index in [-0.39, 0.29) is 12.3 Å². The predicted molar refractivity (Wildman–Crippen MR) is 288 cm³/mol. The number of unbranched alkanes of at least 4 members (excludes halogenated alkanes) is 1. The number of carbonyl (C=O) groups excluding carboxylic acids is 10. The van der Waals surface area contributed by atoms with Crippen molar-refractivity contribution in [2.75, 3.05) is 12.3 Å². The molecule has 0 aliphatic rings. The van der Waals surface area contributed by atoms with Crippen LogP contribution in [-0.4, -0.2) is 176 Å². The molecule has 0 aromatic heterocycles. The van der Waals surface area contributed by atoms with Gasteiger partial charge in [0.2, 0.25) is 59.1 Å². The van der Waals surface area contributed by atoms with E-state index < -0.39 is 199 Å². The van der Waals surface area contributed by atoms with Crippen molar-refractivity contribution in [2.45, 2.75) is 193 Å². The first kappa shape index (κ1) is 72.3. The Labute approximate surface area is 465 Å². The first-order valence-electron chi connectivity index (χ1n) is 26.1. The molecule has 0 aromatic carbocycles. The van der Waals surface area contributed by atoms with Crippen LogP contribution in [0.3, 0.4) is 0 Å². The Morgan fingerprint density at radius 1 is 0.481 bits per heavy atom. The van der Waals surface area contributed by atoms with E-state index in [0.29, 0.717) is 32.2 Å². The van der Waals surface area contributed by atoms with Crippen LogP contribution in [0.1, 0.15) is 127 Å². The molecule has 30 heteroatoms. The number of amides is 10. The van der Waals surface area contributed by atoms with Gasteiger partial charge >= 0.3 is 17.9 Å². The smallest absolute Gasteiger partial charge is 0.326 e. The molecule has 0 aliphatic carbocycles. The molecular formula is C49H86N12O17S. The van der Waals surface area contributed by atoms with E-state index in [2.05, 4.69) is 60.5 Å². The van der Waals surface area contributed by atoms with Crippen LogP contribution in [0.15, 0.2) is 0 Å². The number of carboxylic acids is 3. The summed E-state index contributed by atoms with van der Waals surface area (Å²) in [6.07, 6.45) is -3.25. The maximum atomic E-state index is 13.9. The largest absolute Gasteiger partial charge is 0.481 e. The lowest BCUT2D eigenvalue weighted by Gasteiger charge is -2.30. The zero-order valence-electron chi connectivity index (χ0n) is 46.4. The second-order valence-electron chi connectivity index (χ2n) is 20.4. The van der Waals surface area contributed by atoms with E-state index in [4.69, 9.17) is 17.2 Å². The zero-order valence-corrected chi connectivity index (χ0v) is 47.3. The molecule has 29 nitrogen and oxygen atoms in total. The number of carboxylic acid groups (broad SMARTS) is 3. The summed E-state index contributed by atoms with van der Waals surface area (Å²) < 4.78 is 0. The molecule has 0 fully saturated rings. The van der Waals surface area contributed by atoms with Crippen LogP contribution < -0.4 is 65.1 Å². The van der Waals surface area contributed by atoms with Gasteiger partial charge in [-0.1, -0.05) is 68.2 Å². The van der Waals surface area contributed by atoms with Crippen LogP contribution >= 0.6 is 12.6 Å². The minimum atomic E-state index is -1.95. The third-order valence-corrected chi connectivity index (χ3v) is 12.8. The molecule has 0 rings (SSSR count). The molecule has 0 radical (unpaired) electrons. The predicted octanol–water partition coefficient (Wildman–Crippen LogP) is -3.79. The van der Waals surface area contributed by atoms with Crippen molar-refractivity contribution >= 4 is 89.6 Å². The number of nitrogens with one attached hydrogen (secondary N) is 9. The highest BCUT2D eigenvalue weighted by atomic mass is 32.1. The van der Waals surface area contributed by atoms with Gasteiger partial charge in [0.05, 0.1) is 18.6 Å². The Morgan fingerprint density at radius 3 is 1.30 bits per heavy atom. The van der Waals surface area contributed by atoms with Gasteiger partial charge in [-0.2, -0.15) is 12.6 Å². The fourth-order valence-electron chi connectivity index (χ4n) is 7.53. The molecule has 0 saturated heterocycles. The van der Waals surface area contributed by atoms with E-state index in [1.807, 2.05) is 13.8 Å². The quantitative estimate of drug-likeness (QED) is 0.0207. The van der Waals surface area contributed by atoms with E-state index >= 15 is 0 Å². The van der Waals surface area contributed by atoms with Crippen molar-refractivity contribution in [3.05, 3.63) is 0 Å². The van der Waals surface area contributed by atoms with Gasteiger partial charge in [0.25, 0.3) is 0 Å². The average molecular weight is 1150 g/mol. The molecule has 0 bridgehead atoms. The first-order chi connectivity index (χ1) is 36.7. The highest BCUT2D eigenvalue weighted by Gasteiger charge is 2.38. The second kappa shape index (κ2) is 36.5. The molecule has 19 N–H and O–H groups in total. The van der Waals surface area contributed by atoms with Gasteiger partial charge in [-0.25, -0.2) is 4.79 Å². The Bertz CT molecular complexity index is 2120. The minimum Gasteiger partial charge on any atom is -0.481 e. The fraction of sp³-hybridized carbons (Fsp3) is 0.735. The van der Waals surface area contributed by atoms with Gasteiger partial charge in [0.15, 0.2) is 0 Å². The van der Waals surface area contributed by atoms with Crippen molar-refractivity contribution in [3.8, 4) is 0 Å². The lowest BCUT2D eigenvalue weighted by atomic mass is 9.96. The lowest BCUT2D eigenvalue weighted by molar-refractivity contribution is -0.144. The van der Waals surface area contributed by atoms with Gasteiger partial charge in [0.1, 0.15) is 54.4 Å². The molecule has 12 atom stereocenters. The summed E-state index contributed by atoms with van der Waals surface area (Å²) in [6.45, 7) is 14.4. The van der Waals surface area contributed by atoms with Gasteiger partial charge in [0, 0.05) is 18.6 Å². The molecule has 0 heterocycles. The van der Waals surface area contributed by atoms with Crippen LogP contribution in [0.2, 0.25) is 0 Å². The van der Waals surface area contributed by atoms with Gasteiger partial charge in [-0.05, 0) is 69.2 Å². The normalized spacial score (nSPS) is 15.8. The molecule has 0 unspecified atom stereocenters. The first-order valence-corrected chi connectivity index (χ1v) is 26.8. The molecule has 10 amide bonds. The molecule has 0 saturated carbocycles. The second-order valence-corrected chi connectivity index (χ2v) is 20.8. The minimum absolute atomic E-state index is 0.0965. The van der Waals surface area contributed by atoms with E-state index in [1.54, 1.807) is 13.8 Å². The van der Waals surface area contributed by atoms with E-state index in [9.17, 15) is 82.8 Å². The molecular weight excluding hydrogens is 1060 g/mol. The molecule has 0 aromatic rings. The van der Waals surface area contributed by atoms with E-state index in [1.165, 1.54) is 27.7 Å². The summed E-state index contributed by atoms with van der Waals surface area (Å²) >= 11 is 4.18. The Hall–Kier alpha value is -6.66. The van der Waals surface area contributed by atoms with Gasteiger partial charge < -0.3 is 85.5 Å². The van der Waals surface area contributed by atoms with Crippen molar-refractivity contribution in [2.24, 2.45) is 40.9 Å². The van der Waals surface area contributed by atoms with Gasteiger partial charge in [-0.15, -0.1) is 0 Å². The van der Waals surface area contributed by atoms with Crippen LogP contribution in [0.4, 0.5) is 0 Å². The van der Waals surface area contributed by atoms with Crippen molar-refractivity contribution in [1.29, 1.82) is 0 Å². The summed E-state index contributed by atoms with van der Waals surface area (Å²) in [5.74, 6) is -17.0. The highest BCUT2D eigenvalue weighted by Crippen LogP contribution is 2.14. The maximum Gasteiger partial charge on any atom is 0.326 e. The SMILES string of the molecule is CC[C@H](C)[C@H](NC(=O)[C@H](CC(C)C)NC(=O)[C@@H](N)CCCCN)C(=O)N[C@@H](CS)C(=O)N[C@@H](CC(N)=O)C(=O)N[C@@H](CCC(=O)O)C(=O)N[C@H](C(=O)N[C@H](C(=O)N[C@@H](CCC(=O)O)C(=O)N[C@H](C(=O)O)C(C)C)C(C)C)[C@@H](C)O. The number of nitrogens with two attached hydrogens (primary N) is 3. The molecule has 0 spiro atoms. The number of primary amides is 1. The number of aliphatic carboxylic acids is 3. The molecule has 0 aliphatic heterocycles. The van der Waals surface area contributed by atoms with Crippen LogP contribution in [-0.2, 0) is 62.3 Å². The Morgan fingerprint density at radius 2 is 0.873 bits per heavy atom. The Balaban J connectivity index is 6.61. The summed E-state index contributed by atoms with van der Waals surface area (Å²) in [4.78, 5) is 170. The number of aliphatic hydroxyl groups excluding tert-OH is 1. The Kier molecular flexibility index (Phi) is 33.4. The summed E-state index contributed by atoms with van der Waals surface area (Å²) in [5.41, 5.74) is 17.0.